The molecule has 17 nitrogen and oxygen atoms in total. The maximum absolute atomic E-state index is 13.1. The second-order valence-electron chi connectivity index (χ2n) is 25.5. The summed E-state index contributed by atoms with van der Waals surface area (Å²) >= 11 is 0. The predicted molar refractivity (Wildman–Crippen MR) is 408 cm³/mol. The van der Waals surface area contributed by atoms with E-state index in [4.69, 9.17) is 37.0 Å². The molecule has 19 heteroatoms. The molecule has 0 spiro atoms. The quantitative estimate of drug-likeness (QED) is 0.0169. The van der Waals surface area contributed by atoms with Crippen LogP contribution in [0.25, 0.3) is 0 Å². The minimum absolute atomic E-state index is 0.0734. The van der Waals surface area contributed by atoms with Crippen LogP contribution in [0.5, 0.6) is 0 Å². The first-order valence-corrected chi connectivity index (χ1v) is 41.8. The summed E-state index contributed by atoms with van der Waals surface area (Å²) in [4.78, 5) is 72.9. The van der Waals surface area contributed by atoms with Crippen molar-refractivity contribution in [1.29, 1.82) is 0 Å². The van der Waals surface area contributed by atoms with Crippen LogP contribution in [0.2, 0.25) is 0 Å². The average molecular weight is 1450 g/mol. The molecule has 0 bridgehead atoms. The fourth-order valence-corrected chi connectivity index (χ4v) is 11.6. The number of rotatable bonds is 72. The van der Waals surface area contributed by atoms with Crippen molar-refractivity contribution < 1.29 is 80.2 Å². The van der Waals surface area contributed by atoms with Crippen LogP contribution in [-0.4, -0.2) is 96.7 Å². The van der Waals surface area contributed by atoms with Gasteiger partial charge < -0.3 is 33.8 Å². The van der Waals surface area contributed by atoms with Crippen molar-refractivity contribution in [2.45, 2.75) is 329 Å². The molecule has 0 saturated heterocycles. The molecular formula is C81H138O17P2. The maximum Gasteiger partial charge on any atom is 0.472 e. The van der Waals surface area contributed by atoms with E-state index in [-0.39, 0.29) is 25.7 Å². The van der Waals surface area contributed by atoms with Gasteiger partial charge in [0.1, 0.15) is 19.3 Å². The standard InChI is InChI=1S/C81H138O17P2/c1-5-9-13-17-21-25-29-33-36-37-40-43-46-50-54-58-62-66-79(84)92-72-77(98-81(86)68-64-60-56-52-48-44-39-35-31-27-23-19-15-11-7-3)74-96-100(89,90)94-70-75(82)69-93-99(87,88)95-73-76(97-80(85)67-63-59-55-51-47-41-32-28-24-20-16-12-8-4)71-91-78(83)65-61-57-53-49-45-42-38-34-30-26-22-18-14-10-6-2/h9-10,13-14,21-22,25-26,28,32-36,38-40,43,45,49,75-77,82H,5-8,11-12,15-20,23-24,27,29-31,37,41-42,44,46-48,50-74H2,1-4H3,(H,87,88)(H,89,90)/b13-9-,14-10-,25-21-,26-22-,32-28-,36-33-,38-34-,39-35-,43-40-,49-45-. The molecular weight excluding hydrogens is 1310 g/mol. The Kier molecular flexibility index (Phi) is 69.5. The third kappa shape index (κ3) is 71.8. The second-order valence-corrected chi connectivity index (χ2v) is 28.4. The van der Waals surface area contributed by atoms with Crippen molar-refractivity contribution in [3.63, 3.8) is 0 Å². The van der Waals surface area contributed by atoms with E-state index in [1.54, 1.807) is 0 Å². The molecule has 0 aliphatic carbocycles. The summed E-state index contributed by atoms with van der Waals surface area (Å²) in [7, 11) is -9.98. The highest BCUT2D eigenvalue weighted by molar-refractivity contribution is 7.47. The highest BCUT2D eigenvalue weighted by atomic mass is 31.2. The molecule has 0 saturated carbocycles. The Morgan fingerprint density at radius 3 is 0.840 bits per heavy atom. The second kappa shape index (κ2) is 72.8. The van der Waals surface area contributed by atoms with Gasteiger partial charge in [0, 0.05) is 25.7 Å². The number of hydrogen-bond acceptors (Lipinski definition) is 15. The SMILES string of the molecule is CC/C=C\C/C=C\C/C=C\C/C=C\CCCCCCC(=O)OCC(COP(=O)(O)OCC(O)COP(=O)(O)OCC(COC(=O)CCCC/C=C\C/C=C\C/C=C\C/C=C\CC)OC(=O)CCCCCCC/C=C\CCCCCC)OC(=O)CCCCCCC/C=C\CCCCCCCC. The maximum atomic E-state index is 13.1. The molecule has 5 unspecified atom stereocenters. The minimum atomic E-state index is -4.99. The number of aliphatic hydroxyl groups is 1. The molecule has 0 heterocycles. The van der Waals surface area contributed by atoms with Gasteiger partial charge in [-0.1, -0.05) is 252 Å². The molecule has 0 fully saturated rings. The zero-order valence-electron chi connectivity index (χ0n) is 62.6. The van der Waals surface area contributed by atoms with Crippen molar-refractivity contribution in [3.8, 4) is 0 Å². The fraction of sp³-hybridized carbons (Fsp3) is 0.704. The Morgan fingerprint density at radius 1 is 0.290 bits per heavy atom. The Morgan fingerprint density at radius 2 is 0.520 bits per heavy atom. The van der Waals surface area contributed by atoms with Gasteiger partial charge in [-0.25, -0.2) is 9.13 Å². The third-order valence-corrected chi connectivity index (χ3v) is 17.8. The molecule has 0 aromatic heterocycles. The number of allylic oxidation sites excluding steroid dienone is 20. The Labute approximate surface area is 606 Å². The van der Waals surface area contributed by atoms with Crippen molar-refractivity contribution in [1.82, 2.24) is 0 Å². The van der Waals surface area contributed by atoms with Gasteiger partial charge in [-0.15, -0.1) is 0 Å². The molecule has 3 N–H and O–H groups in total. The van der Waals surface area contributed by atoms with Gasteiger partial charge in [-0.2, -0.15) is 0 Å². The predicted octanol–water partition coefficient (Wildman–Crippen LogP) is 22.3. The van der Waals surface area contributed by atoms with Crippen LogP contribution in [0, 0.1) is 0 Å². The monoisotopic (exact) mass is 1440 g/mol. The van der Waals surface area contributed by atoms with E-state index < -0.39 is 97.5 Å². The van der Waals surface area contributed by atoms with Gasteiger partial charge in [0.25, 0.3) is 0 Å². The van der Waals surface area contributed by atoms with E-state index >= 15 is 0 Å². The largest absolute Gasteiger partial charge is 0.472 e. The minimum Gasteiger partial charge on any atom is -0.462 e. The number of hydrogen-bond donors (Lipinski definition) is 3. The van der Waals surface area contributed by atoms with Crippen molar-refractivity contribution in [2.24, 2.45) is 0 Å². The molecule has 0 amide bonds. The van der Waals surface area contributed by atoms with Crippen molar-refractivity contribution in [3.05, 3.63) is 122 Å². The van der Waals surface area contributed by atoms with E-state index in [0.717, 1.165) is 167 Å². The summed E-state index contributed by atoms with van der Waals surface area (Å²) in [6, 6.07) is 0. The lowest BCUT2D eigenvalue weighted by atomic mass is 10.1. The van der Waals surface area contributed by atoms with E-state index in [9.17, 15) is 43.2 Å². The van der Waals surface area contributed by atoms with Gasteiger partial charge in [0.05, 0.1) is 26.4 Å². The van der Waals surface area contributed by atoms with Crippen molar-refractivity contribution in [2.75, 3.05) is 39.6 Å². The third-order valence-electron chi connectivity index (χ3n) is 15.9. The molecule has 0 aliphatic rings. The normalized spacial score (nSPS) is 14.6. The summed E-state index contributed by atoms with van der Waals surface area (Å²) in [6.07, 6.45) is 79.0. The van der Waals surface area contributed by atoms with E-state index in [2.05, 4.69) is 149 Å². The first-order valence-electron chi connectivity index (χ1n) is 38.8. The van der Waals surface area contributed by atoms with Crippen LogP contribution >= 0.6 is 15.6 Å². The molecule has 0 aromatic rings. The molecule has 0 aliphatic heterocycles. The first-order chi connectivity index (χ1) is 48.7. The van der Waals surface area contributed by atoms with E-state index in [1.807, 2.05) is 0 Å². The smallest absolute Gasteiger partial charge is 0.462 e. The molecule has 100 heavy (non-hydrogen) atoms. The first kappa shape index (κ1) is 95.5. The number of phosphoric acid groups is 2. The highest BCUT2D eigenvalue weighted by Crippen LogP contribution is 2.45. The lowest BCUT2D eigenvalue weighted by Gasteiger charge is -2.21. The van der Waals surface area contributed by atoms with E-state index in [0.29, 0.717) is 25.7 Å². The summed E-state index contributed by atoms with van der Waals surface area (Å²) in [5.74, 6) is -2.26. The Hall–Kier alpha value is -4.54. The Bertz CT molecular complexity index is 2370. The van der Waals surface area contributed by atoms with Gasteiger partial charge in [0.2, 0.25) is 0 Å². The lowest BCUT2D eigenvalue weighted by Crippen LogP contribution is -2.30. The summed E-state index contributed by atoms with van der Waals surface area (Å²) < 4.78 is 68.4. The van der Waals surface area contributed by atoms with Crippen molar-refractivity contribution >= 4 is 39.5 Å². The number of carbonyl (C=O) groups is 4. The molecule has 0 rings (SSSR count). The van der Waals surface area contributed by atoms with Crippen LogP contribution in [0.15, 0.2) is 122 Å². The van der Waals surface area contributed by atoms with Crippen LogP contribution in [0.3, 0.4) is 0 Å². The van der Waals surface area contributed by atoms with Crippen LogP contribution in [0.4, 0.5) is 0 Å². The molecule has 574 valence electrons. The number of aliphatic hydroxyl groups excluding tert-OH is 1. The van der Waals surface area contributed by atoms with Crippen LogP contribution < -0.4 is 0 Å². The Balaban J connectivity index is 5.41. The molecule has 0 radical (unpaired) electrons. The summed E-state index contributed by atoms with van der Waals surface area (Å²) in [5.41, 5.74) is 0. The van der Waals surface area contributed by atoms with E-state index in [1.165, 1.54) is 64.2 Å². The summed E-state index contributed by atoms with van der Waals surface area (Å²) in [5, 5.41) is 10.6. The number of carbonyl (C=O) groups excluding carboxylic acids is 4. The van der Waals surface area contributed by atoms with Crippen LogP contribution in [-0.2, 0) is 65.4 Å². The lowest BCUT2D eigenvalue weighted by molar-refractivity contribution is -0.161. The fourth-order valence-electron chi connectivity index (χ4n) is 10.0. The number of ether oxygens (including phenoxy) is 4. The highest BCUT2D eigenvalue weighted by Gasteiger charge is 2.30. The van der Waals surface area contributed by atoms with Gasteiger partial charge in [-0.05, 0) is 154 Å². The zero-order valence-corrected chi connectivity index (χ0v) is 64.4. The number of unbranched alkanes of at least 4 members (excludes halogenated alkanes) is 26. The van der Waals surface area contributed by atoms with Gasteiger partial charge in [-0.3, -0.25) is 37.3 Å². The van der Waals surface area contributed by atoms with Crippen LogP contribution in [0.1, 0.15) is 310 Å². The van der Waals surface area contributed by atoms with Gasteiger partial charge >= 0.3 is 39.5 Å². The zero-order chi connectivity index (χ0) is 73.2. The topological polar surface area (TPSA) is 237 Å². The molecule has 0 aromatic carbocycles. The number of esters is 4. The average Bonchev–Trinajstić information content (AvgIpc) is 1.06. The summed E-state index contributed by atoms with van der Waals surface area (Å²) in [6.45, 7) is 4.54. The molecule has 5 atom stereocenters. The number of phosphoric ester groups is 2. The van der Waals surface area contributed by atoms with Gasteiger partial charge in [0.15, 0.2) is 12.2 Å².